The van der Waals surface area contributed by atoms with Crippen molar-refractivity contribution in [2.45, 2.75) is 65.0 Å². The van der Waals surface area contributed by atoms with E-state index in [1.54, 1.807) is 6.20 Å². The Balaban J connectivity index is 2.01. The van der Waals surface area contributed by atoms with E-state index in [1.807, 2.05) is 19.9 Å². The fraction of sp³-hybridized carbons (Fsp3) is 0.733. The van der Waals surface area contributed by atoms with E-state index in [1.165, 1.54) is 32.1 Å². The molecule has 4 nitrogen and oxygen atoms in total. The third kappa shape index (κ3) is 4.37. The molecule has 0 aliphatic heterocycles. The Hall–Kier alpha value is -1.32. The van der Waals surface area contributed by atoms with Gasteiger partial charge in [0.2, 0.25) is 11.8 Å². The Kier molecular flexibility index (Phi) is 5.00. The van der Waals surface area contributed by atoms with Gasteiger partial charge >= 0.3 is 0 Å². The van der Waals surface area contributed by atoms with Gasteiger partial charge in [0.15, 0.2) is 0 Å². The van der Waals surface area contributed by atoms with E-state index < -0.39 is 0 Å². The van der Waals surface area contributed by atoms with Gasteiger partial charge < -0.3 is 10.1 Å². The maximum absolute atomic E-state index is 5.60. The minimum atomic E-state index is 0.138. The van der Waals surface area contributed by atoms with Gasteiger partial charge in [-0.25, -0.2) is 4.98 Å². The topological polar surface area (TPSA) is 47.0 Å². The number of nitrogens with zero attached hydrogens (tertiary/aromatic N) is 2. The highest BCUT2D eigenvalue weighted by molar-refractivity contribution is 5.29. The van der Waals surface area contributed by atoms with Crippen LogP contribution in [0.15, 0.2) is 12.3 Å². The first kappa shape index (κ1) is 14.1. The van der Waals surface area contributed by atoms with Crippen molar-refractivity contribution >= 4 is 5.95 Å². The Morgan fingerprint density at radius 3 is 2.84 bits per heavy atom. The minimum absolute atomic E-state index is 0.138. The molecule has 1 N–H and O–H groups in total. The van der Waals surface area contributed by atoms with Gasteiger partial charge in [0.25, 0.3) is 0 Å². The van der Waals surface area contributed by atoms with Crippen LogP contribution in [-0.4, -0.2) is 22.1 Å². The molecule has 0 aromatic carbocycles. The maximum atomic E-state index is 5.60. The molecule has 1 aliphatic rings. The Bertz CT molecular complexity index is 395. The molecule has 0 amide bonds. The van der Waals surface area contributed by atoms with Crippen molar-refractivity contribution in [2.75, 3.05) is 5.32 Å². The summed E-state index contributed by atoms with van der Waals surface area (Å²) in [4.78, 5) is 8.73. The molecule has 0 saturated heterocycles. The summed E-state index contributed by atoms with van der Waals surface area (Å²) in [6, 6.07) is 2.29. The first-order valence-electron chi connectivity index (χ1n) is 7.41. The highest BCUT2D eigenvalue weighted by Crippen LogP contribution is 2.25. The zero-order valence-electron chi connectivity index (χ0n) is 12.2. The Labute approximate surface area is 116 Å². The van der Waals surface area contributed by atoms with Gasteiger partial charge in [0.05, 0.1) is 6.10 Å². The molecule has 4 heteroatoms. The summed E-state index contributed by atoms with van der Waals surface area (Å²) >= 11 is 0. The first-order chi connectivity index (χ1) is 9.15. The van der Waals surface area contributed by atoms with Crippen LogP contribution in [0.3, 0.4) is 0 Å². The molecule has 2 unspecified atom stereocenters. The number of anilines is 1. The van der Waals surface area contributed by atoms with Gasteiger partial charge in [-0.15, -0.1) is 0 Å². The second-order valence-corrected chi connectivity index (χ2v) is 5.75. The van der Waals surface area contributed by atoms with Crippen LogP contribution in [0.5, 0.6) is 5.88 Å². The van der Waals surface area contributed by atoms with Gasteiger partial charge in [-0.2, -0.15) is 4.98 Å². The molecule has 2 atom stereocenters. The van der Waals surface area contributed by atoms with E-state index in [4.69, 9.17) is 4.74 Å². The van der Waals surface area contributed by atoms with Crippen LogP contribution in [0.2, 0.25) is 0 Å². The lowest BCUT2D eigenvalue weighted by atomic mass is 9.97. The lowest BCUT2D eigenvalue weighted by molar-refractivity contribution is 0.232. The monoisotopic (exact) mass is 263 g/mol. The molecule has 106 valence electrons. The summed E-state index contributed by atoms with van der Waals surface area (Å²) in [5, 5.41) is 3.48. The highest BCUT2D eigenvalue weighted by Gasteiger charge is 2.20. The van der Waals surface area contributed by atoms with Crippen molar-refractivity contribution in [1.82, 2.24) is 9.97 Å². The van der Waals surface area contributed by atoms with Crippen molar-refractivity contribution in [3.63, 3.8) is 0 Å². The van der Waals surface area contributed by atoms with Crippen LogP contribution in [-0.2, 0) is 0 Å². The SMILES string of the molecule is CC(C)Oc1ccnc(NC2CCCCCC2C)n1. The lowest BCUT2D eigenvalue weighted by Gasteiger charge is -2.22. The summed E-state index contributed by atoms with van der Waals surface area (Å²) < 4.78 is 5.60. The molecule has 1 fully saturated rings. The largest absolute Gasteiger partial charge is 0.475 e. The molecule has 2 rings (SSSR count). The summed E-state index contributed by atoms with van der Waals surface area (Å²) in [5.41, 5.74) is 0. The van der Waals surface area contributed by atoms with E-state index in [0.29, 0.717) is 23.8 Å². The summed E-state index contributed by atoms with van der Waals surface area (Å²) in [7, 11) is 0. The number of nitrogens with one attached hydrogen (secondary N) is 1. The molecular weight excluding hydrogens is 238 g/mol. The van der Waals surface area contributed by atoms with Crippen molar-refractivity contribution < 1.29 is 4.74 Å². The normalized spacial score (nSPS) is 24.0. The molecule has 1 heterocycles. The van der Waals surface area contributed by atoms with Crippen molar-refractivity contribution in [3.05, 3.63) is 12.3 Å². The van der Waals surface area contributed by atoms with E-state index in [0.717, 1.165) is 0 Å². The predicted octanol–water partition coefficient (Wildman–Crippen LogP) is 3.64. The van der Waals surface area contributed by atoms with E-state index in [2.05, 4.69) is 22.2 Å². The molecule has 0 bridgehead atoms. The fourth-order valence-corrected chi connectivity index (χ4v) is 2.59. The number of hydrogen-bond acceptors (Lipinski definition) is 4. The van der Waals surface area contributed by atoms with Crippen LogP contribution in [0.25, 0.3) is 0 Å². The number of ether oxygens (including phenoxy) is 1. The number of hydrogen-bond donors (Lipinski definition) is 1. The second-order valence-electron chi connectivity index (χ2n) is 5.75. The smallest absolute Gasteiger partial charge is 0.226 e. The van der Waals surface area contributed by atoms with Gasteiger partial charge in [-0.3, -0.25) is 0 Å². The lowest BCUT2D eigenvalue weighted by Crippen LogP contribution is -2.27. The minimum Gasteiger partial charge on any atom is -0.475 e. The molecule has 0 spiro atoms. The summed E-state index contributed by atoms with van der Waals surface area (Å²) in [6.45, 7) is 6.32. The molecule has 1 aromatic rings. The third-order valence-electron chi connectivity index (χ3n) is 3.66. The van der Waals surface area contributed by atoms with Crippen LogP contribution in [0.1, 0.15) is 52.9 Å². The molecular formula is C15H25N3O. The zero-order valence-corrected chi connectivity index (χ0v) is 12.2. The van der Waals surface area contributed by atoms with Gasteiger partial charge in [0, 0.05) is 18.3 Å². The molecule has 0 radical (unpaired) electrons. The number of aromatic nitrogens is 2. The first-order valence-corrected chi connectivity index (χ1v) is 7.41. The summed E-state index contributed by atoms with van der Waals surface area (Å²) in [6.07, 6.45) is 8.38. The van der Waals surface area contributed by atoms with Crippen molar-refractivity contribution in [1.29, 1.82) is 0 Å². The highest BCUT2D eigenvalue weighted by atomic mass is 16.5. The van der Waals surface area contributed by atoms with Crippen molar-refractivity contribution in [3.8, 4) is 5.88 Å². The van der Waals surface area contributed by atoms with Crippen LogP contribution in [0, 0.1) is 5.92 Å². The van der Waals surface area contributed by atoms with Gasteiger partial charge in [-0.05, 0) is 32.6 Å². The molecule has 1 aromatic heterocycles. The average molecular weight is 263 g/mol. The molecule has 1 saturated carbocycles. The molecule has 1 aliphatic carbocycles. The van der Waals surface area contributed by atoms with Crippen LogP contribution < -0.4 is 10.1 Å². The van der Waals surface area contributed by atoms with E-state index in [-0.39, 0.29) is 6.10 Å². The maximum Gasteiger partial charge on any atom is 0.226 e. The number of rotatable bonds is 4. The predicted molar refractivity (Wildman–Crippen MR) is 77.5 cm³/mol. The average Bonchev–Trinajstić information content (AvgIpc) is 2.55. The van der Waals surface area contributed by atoms with E-state index in [9.17, 15) is 0 Å². The Morgan fingerprint density at radius 1 is 1.26 bits per heavy atom. The van der Waals surface area contributed by atoms with Crippen LogP contribution in [0.4, 0.5) is 5.95 Å². The zero-order chi connectivity index (χ0) is 13.7. The standard InChI is InChI=1S/C15H25N3O/c1-11(2)19-14-9-10-16-15(18-14)17-13-8-6-4-5-7-12(13)3/h9-13H,4-8H2,1-3H3,(H,16,17,18). The third-order valence-corrected chi connectivity index (χ3v) is 3.66. The fourth-order valence-electron chi connectivity index (χ4n) is 2.59. The summed E-state index contributed by atoms with van der Waals surface area (Å²) in [5.74, 6) is 2.02. The van der Waals surface area contributed by atoms with Gasteiger partial charge in [-0.1, -0.05) is 26.2 Å². The van der Waals surface area contributed by atoms with E-state index >= 15 is 0 Å². The Morgan fingerprint density at radius 2 is 2.05 bits per heavy atom. The van der Waals surface area contributed by atoms with Gasteiger partial charge in [0.1, 0.15) is 0 Å². The van der Waals surface area contributed by atoms with Crippen molar-refractivity contribution in [2.24, 2.45) is 5.92 Å². The van der Waals surface area contributed by atoms with Crippen LogP contribution >= 0.6 is 0 Å². The second kappa shape index (κ2) is 6.73. The molecule has 19 heavy (non-hydrogen) atoms. The quantitative estimate of drug-likeness (QED) is 0.842.